The van der Waals surface area contributed by atoms with Gasteiger partial charge in [0.2, 0.25) is 0 Å². The van der Waals surface area contributed by atoms with Crippen LogP contribution in [0.5, 0.6) is 11.5 Å². The second-order valence-corrected chi connectivity index (χ2v) is 25.6. The van der Waals surface area contributed by atoms with Crippen molar-refractivity contribution < 1.29 is 55.0 Å². The van der Waals surface area contributed by atoms with Crippen molar-refractivity contribution in [1.29, 1.82) is 0 Å². The summed E-state index contributed by atoms with van der Waals surface area (Å²) in [6.07, 6.45) is 5.02. The monoisotopic (exact) mass is 1380 g/mol. The van der Waals surface area contributed by atoms with Gasteiger partial charge in [-0.15, -0.1) is 29.7 Å². The van der Waals surface area contributed by atoms with Gasteiger partial charge in [0.05, 0.1) is 37.3 Å². The van der Waals surface area contributed by atoms with E-state index in [0.717, 1.165) is 44.2 Å². The summed E-state index contributed by atoms with van der Waals surface area (Å²) >= 11 is 0. The van der Waals surface area contributed by atoms with Crippen molar-refractivity contribution in [3.05, 3.63) is 295 Å². The quantitative estimate of drug-likeness (QED) is 0.0956. The molecule has 0 spiro atoms. The molecule has 0 fully saturated rings. The molecule has 14 aromatic rings. The molecule has 0 amide bonds. The standard InChI is InChI=1S/C85H72N4O.Pt/c1-56-43-81(86-54-76(56)59-29-18-13-19-30-59)89-77-38-21-20-35-74(77)75-41-40-71(53-79(75)89)90-70-34-23-33-69(52-70)87-55-88(78-42-39-60(50-80(78)87)64-48-67(84(5,6)7)51-68(49-64)85(8,9)10)82-72(61-31-22-32-66(47-61)83(2,3)4)36-24-37-73(82)65-45-62(57-25-14-11-15-26-57)44-63(46-65)58-27-16-12-17-28-58;/h11-51,54H,1-10H3;/q-2;/i1D3,11D,12D,13D,14D,15D,16D,17D,18D,19D,25D,26D,27D,28D,29D,30D;. The molecule has 14 rings (SSSR count). The van der Waals surface area contributed by atoms with Gasteiger partial charge in [0, 0.05) is 54.0 Å². The molecule has 0 aliphatic rings. The number of rotatable bonds is 11. The molecule has 0 saturated carbocycles. The van der Waals surface area contributed by atoms with E-state index in [2.05, 4.69) is 123 Å². The zero-order valence-corrected chi connectivity index (χ0v) is 53.9. The summed E-state index contributed by atoms with van der Waals surface area (Å²) in [6.45, 7) is 16.7. The molecule has 11 aromatic carbocycles. The Balaban J connectivity index is 0.0000105. The topological polar surface area (TPSA) is 35.9 Å². The smallest absolute Gasteiger partial charge is 0.268 e. The van der Waals surface area contributed by atoms with E-state index in [4.69, 9.17) is 28.9 Å². The van der Waals surface area contributed by atoms with Gasteiger partial charge in [-0.25, -0.2) is 4.98 Å². The van der Waals surface area contributed by atoms with Crippen molar-refractivity contribution in [2.75, 3.05) is 0 Å². The van der Waals surface area contributed by atoms with Crippen LogP contribution in [0.3, 0.4) is 0 Å². The summed E-state index contributed by atoms with van der Waals surface area (Å²) in [7, 11) is 0. The van der Waals surface area contributed by atoms with Crippen LogP contribution in [-0.4, -0.2) is 14.1 Å². The van der Waals surface area contributed by atoms with Gasteiger partial charge in [0.15, 0.2) is 0 Å². The van der Waals surface area contributed by atoms with Crippen molar-refractivity contribution in [3.63, 3.8) is 0 Å². The van der Waals surface area contributed by atoms with Crippen LogP contribution in [0.15, 0.2) is 255 Å². The third-order valence-electron chi connectivity index (χ3n) is 16.4. The molecule has 450 valence electrons. The van der Waals surface area contributed by atoms with Gasteiger partial charge in [-0.05, 0) is 154 Å². The molecule has 0 saturated heterocycles. The Morgan fingerprint density at radius 3 is 1.69 bits per heavy atom. The van der Waals surface area contributed by atoms with E-state index >= 15 is 0 Å². The Morgan fingerprint density at radius 1 is 0.451 bits per heavy atom. The van der Waals surface area contributed by atoms with Gasteiger partial charge in [0.1, 0.15) is 5.82 Å². The Bertz CT molecular complexity index is 5910. The molecule has 3 heterocycles. The van der Waals surface area contributed by atoms with Gasteiger partial charge in [0.25, 0.3) is 6.33 Å². The molecule has 0 atom stereocenters. The molecule has 0 unspecified atom stereocenters. The second-order valence-electron chi connectivity index (χ2n) is 25.6. The molecule has 0 radical (unpaired) electrons. The van der Waals surface area contributed by atoms with Crippen LogP contribution in [0.25, 0.3) is 117 Å². The van der Waals surface area contributed by atoms with Crippen molar-refractivity contribution >= 4 is 32.8 Å². The number of pyridine rings is 1. The van der Waals surface area contributed by atoms with Crippen LogP contribution in [0.2, 0.25) is 0 Å². The second kappa shape index (κ2) is 23.9. The zero-order valence-electron chi connectivity index (χ0n) is 69.6. The summed E-state index contributed by atoms with van der Waals surface area (Å²) in [5.41, 5.74) is 9.47. The third kappa shape index (κ3) is 11.8. The van der Waals surface area contributed by atoms with Gasteiger partial charge >= 0.3 is 0 Å². The van der Waals surface area contributed by atoms with Crippen molar-refractivity contribution in [2.45, 2.75) is 85.4 Å². The SMILES string of the molecule is [2H]c1c([2H])c([2H])c(-c2cc(-c3cccc(-c4cccc(C(C)(C)C)c4)c3-[n+]3[c-]n(-c4[c-]c(Oc5[c-]c6c(cc5)c5ccccc5n6-c5cc(C([2H])([2H])[2H])c(-c6c([2H])c([2H])c([2H])c([2H])c6[2H])cn5)ccc4)c4cc(-c5cc(C(C)(C)C)cc(C(C)(C)C)c5)ccc43)cc(-c3c([2H])c([2H])c([2H])c([2H])c3[2H])c2)c([2H])c1[2H].[Pt]. The van der Waals surface area contributed by atoms with Gasteiger partial charge in [-0.1, -0.05) is 249 Å². The number of nitrogens with zero attached hydrogens (tertiary/aromatic N) is 4. The van der Waals surface area contributed by atoms with E-state index in [0.29, 0.717) is 50.1 Å². The average Bonchev–Trinajstić information content (AvgIpc) is 1.71. The minimum Gasteiger partial charge on any atom is -0.510 e. The summed E-state index contributed by atoms with van der Waals surface area (Å²) in [5, 5.41) is 1.50. The molecule has 0 aliphatic carbocycles. The normalized spacial score (nSPS) is 14.9. The molecule has 6 heteroatoms. The Morgan fingerprint density at radius 2 is 1.03 bits per heavy atom. The molecule has 0 aliphatic heterocycles. The van der Waals surface area contributed by atoms with Crippen LogP contribution < -0.4 is 9.30 Å². The minimum absolute atomic E-state index is 0. The van der Waals surface area contributed by atoms with Gasteiger partial charge in [-0.3, -0.25) is 4.57 Å². The van der Waals surface area contributed by atoms with Crippen LogP contribution >= 0.6 is 0 Å². The van der Waals surface area contributed by atoms with E-state index in [9.17, 15) is 5.48 Å². The molecule has 3 aromatic heterocycles. The Kier molecular flexibility index (Phi) is 11.1. The number of aryl methyl sites for hydroxylation is 1. The molecule has 0 N–H and O–H groups in total. The molecule has 0 bridgehead atoms. The first-order chi connectivity index (χ1) is 50.8. The van der Waals surface area contributed by atoms with Crippen molar-refractivity contribution in [3.8, 4) is 95.5 Å². The summed E-state index contributed by atoms with van der Waals surface area (Å²) in [6, 6.07) is 48.2. The summed E-state index contributed by atoms with van der Waals surface area (Å²) in [5.74, 6) is 0.645. The number of ether oxygens (including phenoxy) is 1. The van der Waals surface area contributed by atoms with Crippen LogP contribution in [0.1, 0.15) is 109 Å². The van der Waals surface area contributed by atoms with Crippen LogP contribution in [0.4, 0.5) is 0 Å². The van der Waals surface area contributed by atoms with Crippen LogP contribution in [0, 0.1) is 25.3 Å². The average molecular weight is 1380 g/mol. The number of imidazole rings is 1. The van der Waals surface area contributed by atoms with Crippen molar-refractivity contribution in [2.24, 2.45) is 0 Å². The Labute approximate surface area is 575 Å². The fourth-order valence-electron chi connectivity index (χ4n) is 11.6. The summed E-state index contributed by atoms with van der Waals surface area (Å²) < 4.78 is 171. The van der Waals surface area contributed by atoms with E-state index in [1.807, 2.05) is 88.0 Å². The van der Waals surface area contributed by atoms with Crippen molar-refractivity contribution in [1.82, 2.24) is 14.1 Å². The van der Waals surface area contributed by atoms with Gasteiger partial charge in [-0.2, -0.15) is 18.2 Å². The van der Waals surface area contributed by atoms with E-state index < -0.39 is 97.5 Å². The first-order valence-corrected chi connectivity index (χ1v) is 29.8. The number of para-hydroxylation sites is 2. The number of aromatic nitrogens is 4. The van der Waals surface area contributed by atoms with E-state index in [1.165, 1.54) is 18.3 Å². The van der Waals surface area contributed by atoms with Gasteiger partial charge < -0.3 is 13.9 Å². The molecule has 91 heavy (non-hydrogen) atoms. The van der Waals surface area contributed by atoms with E-state index in [-0.39, 0.29) is 93.6 Å². The minimum atomic E-state index is -2.84. The largest absolute Gasteiger partial charge is 0.510 e. The maximum atomic E-state index is 9.29. The Hall–Kier alpha value is -9.67. The number of benzene rings is 11. The number of hydrogen-bond acceptors (Lipinski definition) is 2. The fraction of sp³-hybridized carbons (Fsp3) is 0.153. The molecular formula is C85H72N4OPt-2. The van der Waals surface area contributed by atoms with E-state index in [1.54, 1.807) is 28.8 Å². The predicted molar refractivity (Wildman–Crippen MR) is 373 cm³/mol. The number of fused-ring (bicyclic) bond motifs is 4. The fourth-order valence-corrected chi connectivity index (χ4v) is 11.6. The summed E-state index contributed by atoms with van der Waals surface area (Å²) in [4.78, 5) is 4.76. The first-order valence-electron chi connectivity index (χ1n) is 38.8. The zero-order chi connectivity index (χ0) is 77.6. The van der Waals surface area contributed by atoms with Crippen LogP contribution in [-0.2, 0) is 37.3 Å². The number of hydrogen-bond donors (Lipinski definition) is 0. The maximum absolute atomic E-state index is 9.29. The first kappa shape index (κ1) is 42.3. The molecular weight excluding hydrogens is 1290 g/mol. The third-order valence-corrected chi connectivity index (χ3v) is 16.4. The molecule has 5 nitrogen and oxygen atoms in total. The maximum Gasteiger partial charge on any atom is 0.268 e. The predicted octanol–water partition coefficient (Wildman–Crippen LogP) is 21.8.